The molecule has 0 aliphatic rings. The first-order chi connectivity index (χ1) is 4.50. The summed E-state index contributed by atoms with van der Waals surface area (Å²) in [6.07, 6.45) is 3.46. The van der Waals surface area contributed by atoms with Crippen LogP contribution in [0.15, 0.2) is 18.5 Å². The Labute approximate surface area is 82.2 Å². The van der Waals surface area contributed by atoms with Gasteiger partial charge in [0.05, 0.1) is 0 Å². The van der Waals surface area contributed by atoms with Gasteiger partial charge in [-0.05, 0) is 6.07 Å². The van der Waals surface area contributed by atoms with Gasteiger partial charge in [-0.1, -0.05) is 0 Å². The minimum Gasteiger partial charge on any atom is -2.00 e. The van der Waals surface area contributed by atoms with Gasteiger partial charge < -0.3 is 32.0 Å². The molecule has 0 saturated heterocycles. The predicted octanol–water partition coefficient (Wildman–Crippen LogP) is -5.39. The zero-order valence-electron chi connectivity index (χ0n) is 5.71. The summed E-state index contributed by atoms with van der Waals surface area (Å²) in [5.41, 5.74) is 0. The van der Waals surface area contributed by atoms with Gasteiger partial charge in [-0.2, -0.15) is 5.10 Å². The normalized spacial score (nSPS) is 4.33. The van der Waals surface area contributed by atoms with Gasteiger partial charge in [-0.3, -0.25) is 5.10 Å². The fraction of sp³-hybridized carbons (Fsp3) is 0. The number of aromatic amines is 1. The summed E-state index contributed by atoms with van der Waals surface area (Å²) in [5, 5.41) is 34.2. The topological polar surface area (TPSA) is 182 Å². The third-order valence-electron chi connectivity index (χ3n) is 0.406. The molecule has 0 atom stereocenters. The zero-order chi connectivity index (χ0) is 7.54. The van der Waals surface area contributed by atoms with Crippen molar-refractivity contribution in [3.63, 3.8) is 0 Å². The van der Waals surface area contributed by atoms with Crippen LogP contribution in [0.2, 0.25) is 0 Å². The molecular weight excluding hydrogens is 256 g/mol. The van der Waals surface area contributed by atoms with Crippen LogP contribution in [0, 0.1) is 0 Å². The largest absolute Gasteiger partial charge is 2.00 e. The molecule has 1 aromatic heterocycles. The van der Waals surface area contributed by atoms with E-state index in [0.717, 1.165) is 0 Å². The third-order valence-corrected chi connectivity index (χ3v) is 0.406. The van der Waals surface area contributed by atoms with Crippen LogP contribution in [0.25, 0.3) is 0 Å². The molecule has 12 heavy (non-hydrogen) atoms. The van der Waals surface area contributed by atoms with Crippen molar-refractivity contribution >= 4 is 0 Å². The molecule has 4 N–H and O–H groups in total. The van der Waals surface area contributed by atoms with E-state index in [4.69, 9.17) is 21.0 Å². The summed E-state index contributed by atoms with van der Waals surface area (Å²) in [6.45, 7) is 0. The summed E-state index contributed by atoms with van der Waals surface area (Å²) in [4.78, 5) is 0. The minimum absolute atomic E-state index is 0. The number of nitrogens with zero attached hydrogens (tertiary/aromatic N) is 1. The third kappa shape index (κ3) is 33.4. The van der Waals surface area contributed by atoms with E-state index in [0.29, 0.717) is 0 Å². The Morgan fingerprint density at radius 1 is 1.08 bits per heavy atom. The van der Waals surface area contributed by atoms with Crippen molar-refractivity contribution in [3.05, 3.63) is 18.5 Å². The van der Waals surface area contributed by atoms with E-state index in [2.05, 4.69) is 10.2 Å². The van der Waals surface area contributed by atoms with Crippen molar-refractivity contribution in [3.8, 4) is 0 Å². The number of rotatable bonds is 0. The Morgan fingerprint density at radius 2 is 1.50 bits per heavy atom. The molecule has 1 aromatic rings. The van der Waals surface area contributed by atoms with Crippen molar-refractivity contribution in [2.45, 2.75) is 0 Å². The van der Waals surface area contributed by atoms with E-state index in [9.17, 15) is 0 Å². The number of nitrogens with one attached hydrogen (secondary N) is 1. The smallest absolute Gasteiger partial charge is 0.0487 e. The maximum Gasteiger partial charge on any atom is 0.0487 e. The van der Waals surface area contributed by atoms with Crippen LogP contribution in [0.1, 0.15) is 0 Å². The van der Waals surface area contributed by atoms with E-state index < -0.39 is 0 Å². The van der Waals surface area contributed by atoms with Gasteiger partial charge in [-0.25, -0.2) is 0 Å². The van der Waals surface area contributed by atoms with Crippen molar-refractivity contribution in [1.82, 2.24) is 10.2 Å². The monoisotopic (exact) mass is 265 g/mol. The summed E-state index contributed by atoms with van der Waals surface area (Å²) in [7, 11) is 0. The maximum atomic E-state index is 7.00. The predicted molar refractivity (Wildman–Crippen MR) is 24.1 cm³/mol. The van der Waals surface area contributed by atoms with Gasteiger partial charge >= 0.3 is 0 Å². The van der Waals surface area contributed by atoms with Gasteiger partial charge in [0.1, 0.15) is 0 Å². The first-order valence-corrected chi connectivity index (χ1v) is 1.77. The second-order valence-electron chi connectivity index (χ2n) is 0.766. The van der Waals surface area contributed by atoms with Gasteiger partial charge in [0.15, 0.2) is 0 Å². The molecule has 8 nitrogen and oxygen atoms in total. The molecule has 0 unspecified atom stereocenters. The maximum absolute atomic E-state index is 7.00. The fourth-order valence-corrected chi connectivity index (χ4v) is 0.215. The van der Waals surface area contributed by atoms with E-state index in [1.165, 1.54) is 0 Å². The average molecular weight is 263 g/mol. The van der Waals surface area contributed by atoms with E-state index >= 15 is 0 Å². The molecule has 1 rings (SSSR count). The molecule has 76 valence electrons. The van der Waals surface area contributed by atoms with E-state index in [1.54, 1.807) is 12.4 Å². The molecule has 0 fully saturated rings. The van der Waals surface area contributed by atoms with E-state index in [1.807, 2.05) is 6.07 Å². The molecular formula is C3H7MoN2O6-5. The number of H-pyrrole nitrogens is 1. The first-order valence-electron chi connectivity index (χ1n) is 1.77. The van der Waals surface area contributed by atoms with Crippen molar-refractivity contribution in [2.75, 3.05) is 0 Å². The number of hydrogen-bond donors (Lipinski definition) is 1. The molecule has 1 heterocycles. The van der Waals surface area contributed by atoms with Crippen LogP contribution in [-0.4, -0.2) is 10.2 Å². The average Bonchev–Trinajstić information content (AvgIpc) is 2.51. The minimum atomic E-state index is 0. The summed E-state index contributed by atoms with van der Waals surface area (Å²) in [6, 6.07) is 1.83. The first kappa shape index (κ1) is 29.9. The van der Waals surface area contributed by atoms with Gasteiger partial charge in [0, 0.05) is 33.5 Å². The SMILES string of the molecule is [Mo].[O-2].[O-][O-].[O-][O-].[OH3+].c1cn[nH]c1. The molecule has 0 aliphatic heterocycles. The molecule has 9 heteroatoms. The quantitative estimate of drug-likeness (QED) is 0.211. The molecule has 0 aromatic carbocycles. The van der Waals surface area contributed by atoms with Gasteiger partial charge in [0.2, 0.25) is 0 Å². The van der Waals surface area contributed by atoms with Crippen LogP contribution in [0.5, 0.6) is 0 Å². The van der Waals surface area contributed by atoms with Crippen LogP contribution in [0.3, 0.4) is 0 Å². The molecule has 0 amide bonds. The van der Waals surface area contributed by atoms with Crippen LogP contribution in [-0.2, 0) is 32.0 Å². The van der Waals surface area contributed by atoms with Gasteiger partial charge in [-0.15, -0.1) is 0 Å². The second kappa shape index (κ2) is 45.8. The molecule has 0 spiro atoms. The Hall–Kier alpha value is -0.342. The Kier molecular flexibility index (Phi) is 114. The molecule has 0 bridgehead atoms. The summed E-state index contributed by atoms with van der Waals surface area (Å²) < 4.78 is 0. The summed E-state index contributed by atoms with van der Waals surface area (Å²) >= 11 is 0. The van der Waals surface area contributed by atoms with Crippen molar-refractivity contribution in [1.29, 1.82) is 0 Å². The van der Waals surface area contributed by atoms with Crippen molar-refractivity contribution < 1.29 is 53.0 Å². The molecule has 0 aliphatic carbocycles. The Morgan fingerprint density at radius 3 is 1.58 bits per heavy atom. The van der Waals surface area contributed by atoms with Gasteiger partial charge in [0.25, 0.3) is 0 Å². The number of hydrogen-bond acceptors (Lipinski definition) is 5. The van der Waals surface area contributed by atoms with Crippen molar-refractivity contribution in [2.24, 2.45) is 0 Å². The fourth-order valence-electron chi connectivity index (χ4n) is 0.215. The van der Waals surface area contributed by atoms with Crippen LogP contribution in [0.4, 0.5) is 0 Å². The zero-order valence-corrected chi connectivity index (χ0v) is 7.71. The Bertz CT molecular complexity index is 77.3. The second-order valence-corrected chi connectivity index (χ2v) is 0.766. The number of aromatic nitrogens is 2. The molecule has 0 radical (unpaired) electrons. The Balaban J connectivity index is -0.0000000213. The van der Waals surface area contributed by atoms with E-state index in [-0.39, 0.29) is 32.0 Å². The molecule has 0 saturated carbocycles. The van der Waals surface area contributed by atoms with Crippen LogP contribution < -0.4 is 21.0 Å². The summed E-state index contributed by atoms with van der Waals surface area (Å²) in [5.74, 6) is 0. The standard InChI is InChI=1S/C3H4N2.Mo.2O2.H2O.O/c1-2-4-5-3-1;;2*1-2;;/h1-3H,(H,4,5);;;;1H2;/q;;2*-2;;-2/p+1. The van der Waals surface area contributed by atoms with Crippen LogP contribution >= 0.6 is 0 Å².